The summed E-state index contributed by atoms with van der Waals surface area (Å²) in [6.45, 7) is 7.28. The molecular formula is C16H18N+. The zero-order valence-corrected chi connectivity index (χ0v) is 10.3. The lowest BCUT2D eigenvalue weighted by Gasteiger charge is -2.22. The summed E-state index contributed by atoms with van der Waals surface area (Å²) in [6.07, 6.45) is 8.86. The Morgan fingerprint density at radius 2 is 2.24 bits per heavy atom. The summed E-state index contributed by atoms with van der Waals surface area (Å²) >= 11 is 0. The number of benzene rings is 1. The monoisotopic (exact) mass is 224 g/mol. The Kier molecular flexibility index (Phi) is 2.49. The summed E-state index contributed by atoms with van der Waals surface area (Å²) in [7, 11) is 0. The maximum absolute atomic E-state index is 4.00. The number of hydrogen-bond acceptors (Lipinski definition) is 0. The van der Waals surface area contributed by atoms with E-state index in [-0.39, 0.29) is 0 Å². The smallest absolute Gasteiger partial charge is 0.147 e. The van der Waals surface area contributed by atoms with Crippen LogP contribution in [0.3, 0.4) is 0 Å². The van der Waals surface area contributed by atoms with Crippen LogP contribution in [0.4, 0.5) is 5.69 Å². The molecule has 1 nitrogen and oxygen atoms in total. The largest absolute Gasteiger partial charge is 0.269 e. The summed E-state index contributed by atoms with van der Waals surface area (Å²) in [4.78, 5) is 1.52. The lowest BCUT2D eigenvalue weighted by molar-refractivity contribution is -0.786. The number of quaternary nitrogens is 1. The molecule has 0 aromatic heterocycles. The summed E-state index contributed by atoms with van der Waals surface area (Å²) in [5.74, 6) is 0. The molecule has 0 aliphatic carbocycles. The molecular weight excluding hydrogens is 206 g/mol. The maximum Gasteiger partial charge on any atom is 0.147 e. The van der Waals surface area contributed by atoms with Crippen LogP contribution in [0.15, 0.2) is 48.7 Å². The Bertz CT molecular complexity index is 534. The van der Waals surface area contributed by atoms with E-state index in [0.717, 1.165) is 0 Å². The molecule has 0 fully saturated rings. The van der Waals surface area contributed by atoms with Crippen molar-refractivity contribution >= 4 is 11.3 Å². The highest BCUT2D eigenvalue weighted by atomic mass is 15.2. The molecule has 1 aromatic carbocycles. The predicted molar refractivity (Wildman–Crippen MR) is 72.2 cm³/mol. The van der Waals surface area contributed by atoms with Gasteiger partial charge in [0.05, 0.1) is 6.54 Å². The Hall–Kier alpha value is -1.60. The Morgan fingerprint density at radius 3 is 3.00 bits per heavy atom. The molecule has 17 heavy (non-hydrogen) atoms. The van der Waals surface area contributed by atoms with Crippen molar-refractivity contribution in [3.05, 3.63) is 59.8 Å². The van der Waals surface area contributed by atoms with Crippen LogP contribution in [0.2, 0.25) is 0 Å². The highest BCUT2D eigenvalue weighted by Gasteiger charge is 2.35. The van der Waals surface area contributed by atoms with Crippen molar-refractivity contribution in [1.82, 2.24) is 0 Å². The summed E-state index contributed by atoms with van der Waals surface area (Å²) in [6, 6.07) is 6.71. The molecule has 0 bridgehead atoms. The first kappa shape index (κ1) is 10.5. The van der Waals surface area contributed by atoms with Crippen LogP contribution in [-0.2, 0) is 6.42 Å². The van der Waals surface area contributed by atoms with Crippen LogP contribution in [0.5, 0.6) is 0 Å². The number of para-hydroxylation sites is 1. The Morgan fingerprint density at radius 1 is 1.35 bits per heavy atom. The molecule has 1 heteroatoms. The van der Waals surface area contributed by atoms with Crippen molar-refractivity contribution in [3.8, 4) is 0 Å². The number of aryl methyl sites for hydroxylation is 1. The van der Waals surface area contributed by atoms with E-state index in [0.29, 0.717) is 0 Å². The molecule has 0 radical (unpaired) electrons. The molecule has 3 rings (SSSR count). The standard InChI is InChI=1S/C16H17N/c1-3-7-13-14-10-5-8-12-9-6-11-17(16(12)14)15(13)4-2/h3-5,7-8,10H,2,6,9,11H2,1H3/p+1/b7-3-. The molecule has 1 unspecified atom stereocenters. The second kappa shape index (κ2) is 4.01. The van der Waals surface area contributed by atoms with Crippen molar-refractivity contribution < 1.29 is 4.90 Å². The first-order chi connectivity index (χ1) is 8.36. The fourth-order valence-corrected chi connectivity index (χ4v) is 3.13. The minimum absolute atomic E-state index is 1.20. The average Bonchev–Trinajstić information content (AvgIpc) is 2.67. The zero-order valence-electron chi connectivity index (χ0n) is 10.3. The highest BCUT2D eigenvalue weighted by molar-refractivity contribution is 5.86. The van der Waals surface area contributed by atoms with Gasteiger partial charge in [-0.1, -0.05) is 30.9 Å². The molecule has 0 saturated carbocycles. The van der Waals surface area contributed by atoms with Crippen LogP contribution in [0, 0.1) is 0 Å². The highest BCUT2D eigenvalue weighted by Crippen LogP contribution is 2.34. The number of nitrogens with one attached hydrogen (secondary N) is 1. The Balaban J connectivity index is 2.27. The molecule has 2 heterocycles. The van der Waals surface area contributed by atoms with Crippen molar-refractivity contribution in [3.63, 3.8) is 0 Å². The number of allylic oxidation sites excluding steroid dienone is 4. The molecule has 0 spiro atoms. The number of rotatable bonds is 2. The van der Waals surface area contributed by atoms with E-state index < -0.39 is 0 Å². The van der Waals surface area contributed by atoms with Gasteiger partial charge in [0.25, 0.3) is 0 Å². The van der Waals surface area contributed by atoms with E-state index in [1.807, 2.05) is 6.08 Å². The molecule has 86 valence electrons. The van der Waals surface area contributed by atoms with E-state index in [9.17, 15) is 0 Å². The van der Waals surface area contributed by atoms with Crippen LogP contribution < -0.4 is 4.90 Å². The van der Waals surface area contributed by atoms with Gasteiger partial charge in [-0.2, -0.15) is 0 Å². The first-order valence-corrected chi connectivity index (χ1v) is 6.35. The third-order valence-electron chi connectivity index (χ3n) is 3.77. The van der Waals surface area contributed by atoms with Crippen molar-refractivity contribution in [2.75, 3.05) is 6.54 Å². The van der Waals surface area contributed by atoms with Gasteiger partial charge in [-0.25, -0.2) is 0 Å². The van der Waals surface area contributed by atoms with Gasteiger partial charge in [-0.3, -0.25) is 4.90 Å². The molecule has 2 aliphatic rings. The Labute approximate surface area is 103 Å². The lowest BCUT2D eigenvalue weighted by Crippen LogP contribution is -3.05. The second-order valence-electron chi connectivity index (χ2n) is 4.70. The fourth-order valence-electron chi connectivity index (χ4n) is 3.13. The quantitative estimate of drug-likeness (QED) is 0.787. The second-order valence-corrected chi connectivity index (χ2v) is 4.70. The number of hydrogen-bond donors (Lipinski definition) is 1. The van der Waals surface area contributed by atoms with Gasteiger partial charge < -0.3 is 0 Å². The lowest BCUT2D eigenvalue weighted by atomic mass is 9.97. The van der Waals surface area contributed by atoms with Gasteiger partial charge in [0.2, 0.25) is 0 Å². The summed E-state index contributed by atoms with van der Waals surface area (Å²) in [5.41, 5.74) is 7.14. The third kappa shape index (κ3) is 1.43. The minimum Gasteiger partial charge on any atom is -0.269 e. The zero-order chi connectivity index (χ0) is 11.8. The van der Waals surface area contributed by atoms with Gasteiger partial charge in [-0.15, -0.1) is 0 Å². The van der Waals surface area contributed by atoms with Gasteiger partial charge >= 0.3 is 0 Å². The van der Waals surface area contributed by atoms with Crippen LogP contribution in [0.25, 0.3) is 5.57 Å². The van der Waals surface area contributed by atoms with E-state index in [1.165, 1.54) is 52.4 Å². The van der Waals surface area contributed by atoms with E-state index >= 15 is 0 Å². The van der Waals surface area contributed by atoms with Crippen molar-refractivity contribution in [1.29, 1.82) is 0 Å². The van der Waals surface area contributed by atoms with Gasteiger partial charge in [0, 0.05) is 23.1 Å². The van der Waals surface area contributed by atoms with Crippen molar-refractivity contribution in [2.24, 2.45) is 0 Å². The van der Waals surface area contributed by atoms with Gasteiger partial charge in [0.15, 0.2) is 0 Å². The topological polar surface area (TPSA) is 4.44 Å². The molecule has 1 N–H and O–H groups in total. The van der Waals surface area contributed by atoms with Gasteiger partial charge in [0.1, 0.15) is 11.4 Å². The SMILES string of the molecule is C=CC1=C(/C=C\C)c2cccc3c2[NH+]1CCC3. The molecule has 1 atom stereocenters. The summed E-state index contributed by atoms with van der Waals surface area (Å²) in [5, 5.41) is 0. The van der Waals surface area contributed by atoms with E-state index in [2.05, 4.69) is 43.9 Å². The van der Waals surface area contributed by atoms with Crippen LogP contribution >= 0.6 is 0 Å². The normalized spacial score (nSPS) is 22.1. The average molecular weight is 224 g/mol. The fraction of sp³-hybridized carbons (Fsp3) is 0.250. The predicted octanol–water partition coefficient (Wildman–Crippen LogP) is 2.64. The first-order valence-electron chi connectivity index (χ1n) is 6.35. The van der Waals surface area contributed by atoms with Crippen LogP contribution in [-0.4, -0.2) is 6.54 Å². The van der Waals surface area contributed by atoms with Crippen molar-refractivity contribution in [2.45, 2.75) is 19.8 Å². The summed E-state index contributed by atoms with van der Waals surface area (Å²) < 4.78 is 0. The third-order valence-corrected chi connectivity index (χ3v) is 3.77. The van der Waals surface area contributed by atoms with Crippen LogP contribution in [0.1, 0.15) is 24.5 Å². The maximum atomic E-state index is 4.00. The molecule has 1 aromatic rings. The van der Waals surface area contributed by atoms with E-state index in [1.54, 1.807) is 0 Å². The van der Waals surface area contributed by atoms with E-state index in [4.69, 9.17) is 0 Å². The molecule has 0 saturated heterocycles. The molecule has 0 amide bonds. The van der Waals surface area contributed by atoms with Gasteiger partial charge in [-0.05, 0) is 25.5 Å². The molecule has 2 aliphatic heterocycles. The minimum atomic E-state index is 1.20.